The van der Waals surface area contributed by atoms with E-state index < -0.39 is 18.5 Å². The molecule has 0 fully saturated rings. The highest BCUT2D eigenvalue weighted by Gasteiger charge is 2.36. The number of nitrogens with zero attached hydrogens (tertiary/aromatic N) is 4. The minimum absolute atomic E-state index is 0.0408. The van der Waals surface area contributed by atoms with E-state index in [9.17, 15) is 18.0 Å². The maximum atomic E-state index is 12.4. The summed E-state index contributed by atoms with van der Waals surface area (Å²) < 4.78 is 39.1. The van der Waals surface area contributed by atoms with Gasteiger partial charge in [-0.3, -0.25) is 4.79 Å². The Morgan fingerprint density at radius 3 is 2.61 bits per heavy atom. The molecule has 0 saturated carbocycles. The van der Waals surface area contributed by atoms with Crippen LogP contribution >= 0.6 is 0 Å². The molecule has 0 bridgehead atoms. The van der Waals surface area contributed by atoms with E-state index in [4.69, 9.17) is 0 Å². The van der Waals surface area contributed by atoms with Gasteiger partial charge in [-0.25, -0.2) is 0 Å². The maximum Gasteiger partial charge on any atom is 0.397 e. The fourth-order valence-electron chi connectivity index (χ4n) is 2.79. The summed E-state index contributed by atoms with van der Waals surface area (Å²) in [6.07, 6.45) is -5.94. The molecule has 0 spiro atoms. The van der Waals surface area contributed by atoms with Crippen molar-refractivity contribution >= 4 is 5.91 Å². The van der Waals surface area contributed by atoms with E-state index in [1.807, 2.05) is 41.8 Å². The molecular weight excluding hydrogens is 309 g/mol. The average Bonchev–Trinajstić information content (AvgIpc) is 2.91. The SMILES string of the molecule is C[C@H]1CN(C(=O)CC(F)(F)F)Cc2nnc(-c3ccccc3)n21. The summed E-state index contributed by atoms with van der Waals surface area (Å²) in [6, 6.07) is 9.24. The van der Waals surface area contributed by atoms with Crippen LogP contribution in [0.5, 0.6) is 0 Å². The number of aromatic nitrogens is 3. The predicted molar refractivity (Wildman–Crippen MR) is 76.3 cm³/mol. The third-order valence-electron chi connectivity index (χ3n) is 3.76. The van der Waals surface area contributed by atoms with E-state index in [-0.39, 0.29) is 19.1 Å². The van der Waals surface area contributed by atoms with Crippen LogP contribution in [-0.4, -0.2) is 38.3 Å². The van der Waals surface area contributed by atoms with Crippen molar-refractivity contribution in [2.45, 2.75) is 32.1 Å². The zero-order chi connectivity index (χ0) is 16.6. The highest BCUT2D eigenvalue weighted by molar-refractivity contribution is 5.77. The Bertz CT molecular complexity index is 711. The molecule has 3 rings (SSSR count). The molecule has 1 aliphatic rings. The molecule has 5 nitrogen and oxygen atoms in total. The summed E-state index contributed by atoms with van der Waals surface area (Å²) in [5.41, 5.74) is 0.883. The molecule has 122 valence electrons. The summed E-state index contributed by atoms with van der Waals surface area (Å²) in [5, 5.41) is 8.19. The number of halogens is 3. The first kappa shape index (κ1) is 15.5. The van der Waals surface area contributed by atoms with Gasteiger partial charge in [-0.1, -0.05) is 30.3 Å². The summed E-state index contributed by atoms with van der Waals surface area (Å²) >= 11 is 0. The van der Waals surface area contributed by atoms with E-state index in [0.29, 0.717) is 11.6 Å². The van der Waals surface area contributed by atoms with Gasteiger partial charge in [0.05, 0.1) is 12.6 Å². The van der Waals surface area contributed by atoms with Crippen LogP contribution in [0, 0.1) is 0 Å². The lowest BCUT2D eigenvalue weighted by molar-refractivity contribution is -0.162. The zero-order valence-corrected chi connectivity index (χ0v) is 12.4. The maximum absolute atomic E-state index is 12.4. The van der Waals surface area contributed by atoms with Crippen molar-refractivity contribution in [1.82, 2.24) is 19.7 Å². The van der Waals surface area contributed by atoms with Crippen LogP contribution < -0.4 is 0 Å². The second kappa shape index (κ2) is 5.68. The second-order valence-corrected chi connectivity index (χ2v) is 5.59. The largest absolute Gasteiger partial charge is 0.397 e. The first-order chi connectivity index (χ1) is 10.8. The number of alkyl halides is 3. The van der Waals surface area contributed by atoms with Crippen LogP contribution in [0.3, 0.4) is 0 Å². The van der Waals surface area contributed by atoms with Crippen molar-refractivity contribution in [3.05, 3.63) is 36.2 Å². The van der Waals surface area contributed by atoms with Crippen molar-refractivity contribution in [3.63, 3.8) is 0 Å². The van der Waals surface area contributed by atoms with Crippen LogP contribution in [0.15, 0.2) is 30.3 Å². The number of carbonyl (C=O) groups excluding carboxylic acids is 1. The number of benzene rings is 1. The fraction of sp³-hybridized carbons (Fsp3) is 0.400. The lowest BCUT2D eigenvalue weighted by Crippen LogP contribution is -2.42. The number of hydrogen-bond acceptors (Lipinski definition) is 3. The molecule has 8 heteroatoms. The highest BCUT2D eigenvalue weighted by Crippen LogP contribution is 2.29. The molecule has 2 aromatic rings. The van der Waals surface area contributed by atoms with Crippen LogP contribution in [-0.2, 0) is 11.3 Å². The summed E-state index contributed by atoms with van der Waals surface area (Å²) in [4.78, 5) is 13.0. The topological polar surface area (TPSA) is 51.0 Å². The van der Waals surface area contributed by atoms with Crippen molar-refractivity contribution in [2.24, 2.45) is 0 Å². The molecule has 0 unspecified atom stereocenters. The number of amides is 1. The highest BCUT2D eigenvalue weighted by atomic mass is 19.4. The van der Waals surface area contributed by atoms with Crippen LogP contribution in [0.4, 0.5) is 13.2 Å². The molecule has 2 heterocycles. The summed E-state index contributed by atoms with van der Waals surface area (Å²) in [7, 11) is 0. The molecule has 1 aromatic heterocycles. The van der Waals surface area contributed by atoms with Crippen molar-refractivity contribution < 1.29 is 18.0 Å². The Balaban J connectivity index is 1.86. The minimum atomic E-state index is -4.50. The minimum Gasteiger partial charge on any atom is -0.333 e. The molecule has 1 aliphatic heterocycles. The molecule has 1 aromatic carbocycles. The van der Waals surface area contributed by atoms with Crippen LogP contribution in [0.2, 0.25) is 0 Å². The van der Waals surface area contributed by atoms with Gasteiger partial charge in [0.1, 0.15) is 6.42 Å². The van der Waals surface area contributed by atoms with Gasteiger partial charge < -0.3 is 9.47 Å². The Kier molecular flexibility index (Phi) is 3.83. The molecule has 0 saturated heterocycles. The summed E-state index contributed by atoms with van der Waals surface area (Å²) in [6.45, 7) is 2.09. The summed E-state index contributed by atoms with van der Waals surface area (Å²) in [5.74, 6) is 0.231. The standard InChI is InChI=1S/C15H15F3N4O/c1-10-8-21(13(23)7-15(16,17)18)9-12-19-20-14(22(10)12)11-5-3-2-4-6-11/h2-6,10H,7-9H2,1H3/t10-/m0/s1. The number of rotatable bonds is 2. The number of fused-ring (bicyclic) bond motifs is 1. The molecular formula is C15H15F3N4O. The van der Waals surface area contributed by atoms with E-state index in [1.54, 1.807) is 0 Å². The van der Waals surface area contributed by atoms with E-state index in [2.05, 4.69) is 10.2 Å². The van der Waals surface area contributed by atoms with Gasteiger partial charge >= 0.3 is 6.18 Å². The first-order valence-electron chi connectivity index (χ1n) is 7.19. The normalized spacial score (nSPS) is 17.9. The zero-order valence-electron chi connectivity index (χ0n) is 12.4. The Morgan fingerprint density at radius 1 is 1.26 bits per heavy atom. The lowest BCUT2D eigenvalue weighted by atomic mass is 10.1. The predicted octanol–water partition coefficient (Wildman–Crippen LogP) is 2.80. The second-order valence-electron chi connectivity index (χ2n) is 5.59. The van der Waals surface area contributed by atoms with Crippen LogP contribution in [0.25, 0.3) is 11.4 Å². The average molecular weight is 324 g/mol. The quantitative estimate of drug-likeness (QED) is 0.853. The third kappa shape index (κ3) is 3.20. The molecule has 1 atom stereocenters. The van der Waals surface area contributed by atoms with Crippen molar-refractivity contribution in [2.75, 3.05) is 6.54 Å². The Morgan fingerprint density at radius 2 is 1.96 bits per heavy atom. The molecule has 0 radical (unpaired) electrons. The van der Waals surface area contributed by atoms with Gasteiger partial charge in [0.15, 0.2) is 11.6 Å². The number of carbonyl (C=O) groups is 1. The van der Waals surface area contributed by atoms with E-state index in [1.165, 1.54) is 4.90 Å². The Labute approximate surface area is 130 Å². The van der Waals surface area contributed by atoms with Gasteiger partial charge in [0.25, 0.3) is 0 Å². The Hall–Kier alpha value is -2.38. The molecule has 1 amide bonds. The molecule has 0 N–H and O–H groups in total. The van der Waals surface area contributed by atoms with Gasteiger partial charge in [0, 0.05) is 12.1 Å². The third-order valence-corrected chi connectivity index (χ3v) is 3.76. The van der Waals surface area contributed by atoms with E-state index >= 15 is 0 Å². The van der Waals surface area contributed by atoms with Gasteiger partial charge in [-0.2, -0.15) is 13.2 Å². The molecule has 23 heavy (non-hydrogen) atoms. The fourth-order valence-corrected chi connectivity index (χ4v) is 2.79. The van der Waals surface area contributed by atoms with Gasteiger partial charge in [-0.15, -0.1) is 10.2 Å². The smallest absolute Gasteiger partial charge is 0.333 e. The molecule has 0 aliphatic carbocycles. The van der Waals surface area contributed by atoms with Crippen LogP contribution in [0.1, 0.15) is 25.2 Å². The van der Waals surface area contributed by atoms with Crippen molar-refractivity contribution in [1.29, 1.82) is 0 Å². The first-order valence-corrected chi connectivity index (χ1v) is 7.19. The van der Waals surface area contributed by atoms with Crippen molar-refractivity contribution in [3.8, 4) is 11.4 Å². The monoisotopic (exact) mass is 324 g/mol. The van der Waals surface area contributed by atoms with Gasteiger partial charge in [-0.05, 0) is 6.92 Å². The van der Waals surface area contributed by atoms with Gasteiger partial charge in [0.2, 0.25) is 5.91 Å². The lowest BCUT2D eigenvalue weighted by Gasteiger charge is -2.32. The number of hydrogen-bond donors (Lipinski definition) is 0. The van der Waals surface area contributed by atoms with E-state index in [0.717, 1.165) is 5.56 Å².